The summed E-state index contributed by atoms with van der Waals surface area (Å²) in [5.74, 6) is 0.123. The standard InChI is InChI=1S/C17H25N3O6S/c1-2-3-12-26-17(21)19-10-8-14(9-11-19)13-18-27(24,25)16-6-4-15(5-7-16)20(22)23/h4-7,14,18H,2-3,8-13H2,1H3. The fourth-order valence-electron chi connectivity index (χ4n) is 2.77. The van der Waals surface area contributed by atoms with E-state index in [0.29, 0.717) is 32.5 Å². The van der Waals surface area contributed by atoms with Crippen molar-refractivity contribution < 1.29 is 22.9 Å². The molecule has 9 nitrogen and oxygen atoms in total. The van der Waals surface area contributed by atoms with Crippen LogP contribution >= 0.6 is 0 Å². The van der Waals surface area contributed by atoms with Crippen LogP contribution in [0.2, 0.25) is 0 Å². The van der Waals surface area contributed by atoms with Gasteiger partial charge in [-0.1, -0.05) is 13.3 Å². The van der Waals surface area contributed by atoms with Crippen LogP contribution in [0.5, 0.6) is 0 Å². The van der Waals surface area contributed by atoms with Crippen molar-refractivity contribution in [3.8, 4) is 0 Å². The number of unbranched alkanes of at least 4 members (excludes halogenated alkanes) is 1. The Morgan fingerprint density at radius 2 is 1.93 bits per heavy atom. The molecule has 27 heavy (non-hydrogen) atoms. The smallest absolute Gasteiger partial charge is 0.409 e. The molecule has 0 aromatic heterocycles. The van der Waals surface area contributed by atoms with E-state index in [-0.39, 0.29) is 29.1 Å². The molecule has 1 aromatic rings. The fourth-order valence-corrected chi connectivity index (χ4v) is 3.89. The maximum Gasteiger partial charge on any atom is 0.409 e. The molecule has 1 fully saturated rings. The van der Waals surface area contributed by atoms with E-state index in [2.05, 4.69) is 4.72 Å². The Morgan fingerprint density at radius 3 is 2.48 bits per heavy atom. The number of sulfonamides is 1. The van der Waals surface area contributed by atoms with E-state index < -0.39 is 14.9 Å². The highest BCUT2D eigenvalue weighted by molar-refractivity contribution is 7.89. The number of carbonyl (C=O) groups excluding carboxylic acids is 1. The first-order valence-electron chi connectivity index (χ1n) is 8.99. The van der Waals surface area contributed by atoms with Crippen molar-refractivity contribution in [3.05, 3.63) is 34.4 Å². The van der Waals surface area contributed by atoms with Crippen LogP contribution < -0.4 is 4.72 Å². The van der Waals surface area contributed by atoms with Gasteiger partial charge < -0.3 is 9.64 Å². The van der Waals surface area contributed by atoms with Crippen LogP contribution in [0.4, 0.5) is 10.5 Å². The molecule has 1 heterocycles. The molecular formula is C17H25N3O6S. The molecule has 10 heteroatoms. The molecule has 1 amide bonds. The zero-order chi connectivity index (χ0) is 19.9. The Bertz CT molecular complexity index is 742. The maximum absolute atomic E-state index is 12.3. The third-order valence-corrected chi connectivity index (χ3v) is 5.96. The molecular weight excluding hydrogens is 374 g/mol. The van der Waals surface area contributed by atoms with E-state index in [0.717, 1.165) is 25.0 Å². The molecule has 0 bridgehead atoms. The Morgan fingerprint density at radius 1 is 1.30 bits per heavy atom. The van der Waals surface area contributed by atoms with Crippen LogP contribution in [0.1, 0.15) is 32.6 Å². The first kappa shape index (κ1) is 21.1. The predicted molar refractivity (Wildman–Crippen MR) is 98.8 cm³/mol. The van der Waals surface area contributed by atoms with Gasteiger partial charge in [0.2, 0.25) is 10.0 Å². The van der Waals surface area contributed by atoms with E-state index in [9.17, 15) is 23.3 Å². The van der Waals surface area contributed by atoms with Gasteiger partial charge in [0.25, 0.3) is 5.69 Å². The summed E-state index contributed by atoms with van der Waals surface area (Å²) in [7, 11) is -3.72. The quantitative estimate of drug-likeness (QED) is 0.407. The van der Waals surface area contributed by atoms with Crippen LogP contribution in [-0.2, 0) is 14.8 Å². The lowest BCUT2D eigenvalue weighted by atomic mass is 9.97. The van der Waals surface area contributed by atoms with Crippen molar-refractivity contribution in [2.45, 2.75) is 37.5 Å². The van der Waals surface area contributed by atoms with E-state index in [1.165, 1.54) is 12.1 Å². The number of rotatable bonds is 8. The third kappa shape index (κ3) is 6.17. The van der Waals surface area contributed by atoms with Crippen LogP contribution in [0.25, 0.3) is 0 Å². The number of ether oxygens (including phenoxy) is 1. The minimum atomic E-state index is -3.72. The zero-order valence-electron chi connectivity index (χ0n) is 15.3. The zero-order valence-corrected chi connectivity index (χ0v) is 16.1. The Hall–Kier alpha value is -2.20. The Kier molecular flexibility index (Phi) is 7.55. The molecule has 1 aromatic carbocycles. The van der Waals surface area contributed by atoms with Gasteiger partial charge in [0.1, 0.15) is 0 Å². The summed E-state index contributed by atoms with van der Waals surface area (Å²) in [6, 6.07) is 4.76. The average molecular weight is 399 g/mol. The number of hydrogen-bond acceptors (Lipinski definition) is 6. The third-order valence-electron chi connectivity index (χ3n) is 4.52. The van der Waals surface area contributed by atoms with Crippen molar-refractivity contribution in [1.29, 1.82) is 0 Å². The predicted octanol–water partition coefficient (Wildman–Crippen LogP) is 2.52. The molecule has 0 atom stereocenters. The topological polar surface area (TPSA) is 119 Å². The first-order chi connectivity index (χ1) is 12.8. The first-order valence-corrected chi connectivity index (χ1v) is 10.5. The number of nitro groups is 1. The lowest BCUT2D eigenvalue weighted by Gasteiger charge is -2.31. The van der Waals surface area contributed by atoms with Gasteiger partial charge in [0.15, 0.2) is 0 Å². The summed E-state index contributed by atoms with van der Waals surface area (Å²) in [6.07, 6.45) is 2.86. The van der Waals surface area contributed by atoms with Crippen LogP contribution in [0.3, 0.4) is 0 Å². The van der Waals surface area contributed by atoms with E-state index in [4.69, 9.17) is 4.74 Å². The molecule has 1 N–H and O–H groups in total. The van der Waals surface area contributed by atoms with Gasteiger partial charge in [0, 0.05) is 31.8 Å². The second-order valence-electron chi connectivity index (χ2n) is 6.50. The molecule has 0 radical (unpaired) electrons. The summed E-state index contributed by atoms with van der Waals surface area (Å²) >= 11 is 0. The number of non-ortho nitro benzene ring substituents is 1. The number of amides is 1. The monoisotopic (exact) mass is 399 g/mol. The molecule has 1 saturated heterocycles. The second-order valence-corrected chi connectivity index (χ2v) is 8.27. The number of carbonyl (C=O) groups is 1. The summed E-state index contributed by atoms with van der Waals surface area (Å²) in [4.78, 5) is 23.6. The number of nitrogens with zero attached hydrogens (tertiary/aromatic N) is 2. The second kappa shape index (κ2) is 9.65. The van der Waals surface area contributed by atoms with Gasteiger partial charge in [-0.2, -0.15) is 0 Å². The van der Waals surface area contributed by atoms with Crippen LogP contribution in [0, 0.1) is 16.0 Å². The van der Waals surface area contributed by atoms with E-state index in [1.54, 1.807) is 4.90 Å². The number of nitro benzene ring substituents is 1. The molecule has 0 spiro atoms. The number of likely N-dealkylation sites (tertiary alicyclic amines) is 1. The number of hydrogen-bond donors (Lipinski definition) is 1. The van der Waals surface area contributed by atoms with Crippen LogP contribution in [-0.4, -0.2) is 50.6 Å². The van der Waals surface area contributed by atoms with E-state index in [1.807, 2.05) is 6.92 Å². The summed E-state index contributed by atoms with van der Waals surface area (Å²) in [5, 5.41) is 10.6. The van der Waals surface area contributed by atoms with Gasteiger partial charge >= 0.3 is 6.09 Å². The molecule has 2 rings (SSSR count). The molecule has 0 aliphatic carbocycles. The van der Waals surface area contributed by atoms with Crippen molar-refractivity contribution in [2.75, 3.05) is 26.2 Å². The summed E-state index contributed by atoms with van der Waals surface area (Å²) < 4.78 is 32.4. The highest BCUT2D eigenvalue weighted by atomic mass is 32.2. The molecule has 0 saturated carbocycles. The van der Waals surface area contributed by atoms with Gasteiger partial charge in [-0.25, -0.2) is 17.9 Å². The minimum absolute atomic E-state index is 0.00922. The van der Waals surface area contributed by atoms with Crippen molar-refractivity contribution in [3.63, 3.8) is 0 Å². The molecule has 1 aliphatic heterocycles. The summed E-state index contributed by atoms with van der Waals surface area (Å²) in [6.45, 7) is 3.78. The maximum atomic E-state index is 12.3. The van der Waals surface area contributed by atoms with Gasteiger partial charge in [0.05, 0.1) is 16.4 Å². The van der Waals surface area contributed by atoms with Crippen molar-refractivity contribution in [2.24, 2.45) is 5.92 Å². The number of benzene rings is 1. The molecule has 0 unspecified atom stereocenters. The lowest BCUT2D eigenvalue weighted by Crippen LogP contribution is -2.41. The normalized spacial score (nSPS) is 15.5. The highest BCUT2D eigenvalue weighted by Crippen LogP contribution is 2.19. The fraction of sp³-hybridized carbons (Fsp3) is 0.588. The van der Waals surface area contributed by atoms with Crippen LogP contribution in [0.15, 0.2) is 29.2 Å². The SMILES string of the molecule is CCCCOC(=O)N1CCC(CNS(=O)(=O)c2ccc([N+](=O)[O-])cc2)CC1. The largest absolute Gasteiger partial charge is 0.449 e. The number of piperidine rings is 1. The lowest BCUT2D eigenvalue weighted by molar-refractivity contribution is -0.384. The average Bonchev–Trinajstić information content (AvgIpc) is 2.67. The van der Waals surface area contributed by atoms with Gasteiger partial charge in [-0.3, -0.25) is 10.1 Å². The Balaban J connectivity index is 1.80. The van der Waals surface area contributed by atoms with E-state index >= 15 is 0 Å². The molecule has 1 aliphatic rings. The Labute approximate surface area is 158 Å². The van der Waals surface area contributed by atoms with Gasteiger partial charge in [-0.15, -0.1) is 0 Å². The highest BCUT2D eigenvalue weighted by Gasteiger charge is 2.25. The molecule has 150 valence electrons. The summed E-state index contributed by atoms with van der Waals surface area (Å²) in [5.41, 5.74) is -0.160. The minimum Gasteiger partial charge on any atom is -0.449 e. The van der Waals surface area contributed by atoms with Crippen molar-refractivity contribution >= 4 is 21.8 Å². The van der Waals surface area contributed by atoms with Gasteiger partial charge in [-0.05, 0) is 37.3 Å². The number of nitrogens with one attached hydrogen (secondary N) is 1. The van der Waals surface area contributed by atoms with Crippen molar-refractivity contribution in [1.82, 2.24) is 9.62 Å².